The van der Waals surface area contributed by atoms with Crippen LogP contribution in [0.5, 0.6) is 11.5 Å². The minimum atomic E-state index is -6.02. The Labute approximate surface area is 301 Å². The van der Waals surface area contributed by atoms with Crippen molar-refractivity contribution in [3.63, 3.8) is 0 Å². The van der Waals surface area contributed by atoms with Gasteiger partial charge in [-0.15, -0.1) is 0 Å². The predicted octanol–water partition coefficient (Wildman–Crippen LogP) is 7.21. The zero-order valence-electron chi connectivity index (χ0n) is 27.3. The third kappa shape index (κ3) is 7.59. The minimum absolute atomic E-state index is 0.278. The summed E-state index contributed by atoms with van der Waals surface area (Å²) in [6.07, 6.45) is -12.0. The van der Waals surface area contributed by atoms with E-state index in [-0.39, 0.29) is 12.1 Å². The van der Waals surface area contributed by atoms with Crippen molar-refractivity contribution in [2.75, 3.05) is 22.9 Å². The van der Waals surface area contributed by atoms with Gasteiger partial charge in [-0.2, -0.15) is 26.3 Å². The molecule has 0 aromatic heterocycles. The predicted molar refractivity (Wildman–Crippen MR) is 182 cm³/mol. The fourth-order valence-corrected chi connectivity index (χ4v) is 5.32. The molecule has 5 aromatic carbocycles. The first-order valence-corrected chi connectivity index (χ1v) is 15.3. The van der Waals surface area contributed by atoms with Crippen molar-refractivity contribution < 1.29 is 59.7 Å². The molecule has 0 fully saturated rings. The highest BCUT2D eigenvalue weighted by Gasteiger charge is 2.73. The van der Waals surface area contributed by atoms with E-state index in [0.29, 0.717) is 24.3 Å². The molecule has 11 nitrogen and oxygen atoms in total. The number of cyclic esters (lactones) is 4. The van der Waals surface area contributed by atoms with E-state index in [9.17, 15) is 45.5 Å². The van der Waals surface area contributed by atoms with Crippen molar-refractivity contribution in [2.24, 2.45) is 0 Å². The Morgan fingerprint density at radius 1 is 0.407 bits per heavy atom. The summed E-state index contributed by atoms with van der Waals surface area (Å²) in [5.41, 5.74) is 14.7. The summed E-state index contributed by atoms with van der Waals surface area (Å²) in [6, 6.07) is 24.2. The number of carbonyl (C=O) groups excluding carboxylic acids is 4. The number of benzene rings is 5. The van der Waals surface area contributed by atoms with Crippen molar-refractivity contribution >= 4 is 46.6 Å². The van der Waals surface area contributed by atoms with Crippen LogP contribution < -0.4 is 27.7 Å². The Balaban J connectivity index is 0.000000199. The van der Waals surface area contributed by atoms with Gasteiger partial charge in [-0.05, 0) is 108 Å². The summed E-state index contributed by atoms with van der Waals surface area (Å²) in [6.45, 7) is 0. The van der Waals surface area contributed by atoms with E-state index in [2.05, 4.69) is 9.47 Å². The van der Waals surface area contributed by atoms with Gasteiger partial charge in [0.1, 0.15) is 11.5 Å². The molecule has 0 saturated carbocycles. The molecule has 278 valence electrons. The first kappa shape index (κ1) is 38.2. The van der Waals surface area contributed by atoms with Crippen LogP contribution in [-0.2, 0) is 14.9 Å². The van der Waals surface area contributed by atoms with E-state index >= 15 is 0 Å². The van der Waals surface area contributed by atoms with Gasteiger partial charge >= 0.3 is 36.2 Å². The van der Waals surface area contributed by atoms with Crippen LogP contribution in [0.15, 0.2) is 109 Å². The second-order valence-corrected chi connectivity index (χ2v) is 11.5. The number of ether oxygens (including phenoxy) is 3. The number of esters is 4. The molecule has 0 amide bonds. The Hall–Kier alpha value is -7.04. The molecule has 17 heteroatoms. The van der Waals surface area contributed by atoms with Gasteiger partial charge in [-0.25, -0.2) is 19.2 Å². The minimum Gasteiger partial charge on any atom is -0.457 e. The van der Waals surface area contributed by atoms with Gasteiger partial charge < -0.3 is 37.1 Å². The second kappa shape index (κ2) is 14.5. The average Bonchev–Trinajstić information content (AvgIpc) is 3.55. The maximum Gasteiger partial charge on any atom is 0.411 e. The third-order valence-corrected chi connectivity index (χ3v) is 7.94. The van der Waals surface area contributed by atoms with Gasteiger partial charge in [0.05, 0.1) is 22.3 Å². The SMILES string of the molecule is Nc1ccc(N)cc1.Nc1ccc(Oc2ccc(N)cc2)cc1.O=C1OC(=O)c2cc(C(c3ccc4c(c3)C(=O)OC4=O)(C(F)(F)F)C(F)(F)F)ccc21. The number of carbonyl (C=O) groups is 4. The molecule has 0 radical (unpaired) electrons. The first-order chi connectivity index (χ1) is 25.3. The maximum atomic E-state index is 14.2. The lowest BCUT2D eigenvalue weighted by atomic mass is 9.71. The van der Waals surface area contributed by atoms with Crippen molar-refractivity contribution in [2.45, 2.75) is 17.8 Å². The maximum absolute atomic E-state index is 14.2. The highest BCUT2D eigenvalue weighted by molar-refractivity contribution is 6.15. The van der Waals surface area contributed by atoms with Crippen molar-refractivity contribution in [3.8, 4) is 11.5 Å². The molecule has 0 aliphatic carbocycles. The molecule has 2 heterocycles. The molecule has 54 heavy (non-hydrogen) atoms. The van der Waals surface area contributed by atoms with Crippen LogP contribution in [0.25, 0.3) is 0 Å². The molecule has 0 atom stereocenters. The average molecular weight is 753 g/mol. The lowest BCUT2D eigenvalue weighted by Gasteiger charge is -2.38. The number of fused-ring (bicyclic) bond motifs is 2. The van der Waals surface area contributed by atoms with Crippen LogP contribution in [-0.4, -0.2) is 36.2 Å². The highest BCUT2D eigenvalue weighted by atomic mass is 19.4. The third-order valence-electron chi connectivity index (χ3n) is 7.94. The molecule has 0 unspecified atom stereocenters. The van der Waals surface area contributed by atoms with Crippen molar-refractivity contribution in [1.82, 2.24) is 0 Å². The molecule has 8 N–H and O–H groups in total. The van der Waals surface area contributed by atoms with E-state index in [4.69, 9.17) is 27.7 Å². The van der Waals surface area contributed by atoms with Crippen LogP contribution in [0.3, 0.4) is 0 Å². The molecular formula is C37H26F6N4O7. The molecule has 0 saturated heterocycles. The molecule has 0 bridgehead atoms. The number of anilines is 4. The van der Waals surface area contributed by atoms with Crippen LogP contribution in [0.1, 0.15) is 52.6 Å². The summed E-state index contributed by atoms with van der Waals surface area (Å²) >= 11 is 0. The highest BCUT2D eigenvalue weighted by Crippen LogP contribution is 2.57. The van der Waals surface area contributed by atoms with Gasteiger partial charge in [0.2, 0.25) is 5.41 Å². The van der Waals surface area contributed by atoms with E-state index in [0.717, 1.165) is 34.2 Å². The zero-order chi connectivity index (χ0) is 39.6. The topological polar surface area (TPSA) is 200 Å². The summed E-state index contributed by atoms with van der Waals surface area (Å²) < 4.78 is 99.3. The molecular weight excluding hydrogens is 726 g/mol. The molecule has 2 aliphatic rings. The number of rotatable bonds is 4. The number of alkyl halides is 6. The molecule has 5 aromatic rings. The largest absolute Gasteiger partial charge is 0.457 e. The smallest absolute Gasteiger partial charge is 0.411 e. The fraction of sp³-hybridized carbons (Fsp3) is 0.0811. The standard InChI is InChI=1S/C19H6F6O6.C12H12N2O.C6H8N2/c20-18(21,22)17(19(23,24)25,7-1-3-9-11(5-7)15(28)30-13(9)26)8-2-4-10-12(6-8)16(29)31-14(10)27;13-9-1-5-11(6-2-9)15-12-7-3-10(14)4-8-12;7-5-1-2-6(8)4-3-5/h1-6H;1-8H,13-14H2;1-4H,7-8H2. The van der Waals surface area contributed by atoms with Crippen LogP contribution >= 0.6 is 0 Å². The lowest BCUT2D eigenvalue weighted by Crippen LogP contribution is -2.55. The van der Waals surface area contributed by atoms with E-state index in [1.54, 1.807) is 48.5 Å². The molecule has 2 aliphatic heterocycles. The van der Waals surface area contributed by atoms with Crippen LogP contribution in [0.2, 0.25) is 0 Å². The summed E-state index contributed by atoms with van der Waals surface area (Å²) in [4.78, 5) is 46.5. The van der Waals surface area contributed by atoms with Crippen LogP contribution in [0, 0.1) is 0 Å². The number of nitrogen functional groups attached to an aromatic ring is 4. The lowest BCUT2D eigenvalue weighted by molar-refractivity contribution is -0.288. The van der Waals surface area contributed by atoms with Gasteiger partial charge in [0.15, 0.2) is 0 Å². The quantitative estimate of drug-likeness (QED) is 0.0626. The van der Waals surface area contributed by atoms with Crippen molar-refractivity contribution in [1.29, 1.82) is 0 Å². The first-order valence-electron chi connectivity index (χ1n) is 15.3. The normalized spacial score (nSPS) is 13.4. The Kier molecular flexibility index (Phi) is 10.3. The van der Waals surface area contributed by atoms with Crippen molar-refractivity contribution in [3.05, 3.63) is 143 Å². The zero-order valence-corrected chi connectivity index (χ0v) is 27.3. The van der Waals surface area contributed by atoms with Gasteiger partial charge in [0, 0.05) is 22.7 Å². The summed E-state index contributed by atoms with van der Waals surface area (Å²) in [7, 11) is 0. The molecule has 7 rings (SSSR count). The Morgan fingerprint density at radius 3 is 0.981 bits per heavy atom. The molecule has 0 spiro atoms. The van der Waals surface area contributed by atoms with E-state index < -0.39 is 75.0 Å². The van der Waals surface area contributed by atoms with Gasteiger partial charge in [-0.1, -0.05) is 12.1 Å². The van der Waals surface area contributed by atoms with E-state index in [1.807, 2.05) is 24.3 Å². The Bertz CT molecular complexity index is 2080. The fourth-order valence-electron chi connectivity index (χ4n) is 5.32. The van der Waals surface area contributed by atoms with Gasteiger partial charge in [-0.3, -0.25) is 0 Å². The second-order valence-electron chi connectivity index (χ2n) is 11.5. The number of nitrogens with two attached hydrogens (primary N) is 4. The van der Waals surface area contributed by atoms with Crippen LogP contribution in [0.4, 0.5) is 49.1 Å². The number of hydrogen-bond acceptors (Lipinski definition) is 11. The van der Waals surface area contributed by atoms with Gasteiger partial charge in [0.25, 0.3) is 0 Å². The Morgan fingerprint density at radius 2 is 0.685 bits per heavy atom. The van der Waals surface area contributed by atoms with E-state index in [1.165, 1.54) is 0 Å². The summed E-state index contributed by atoms with van der Waals surface area (Å²) in [5.74, 6) is -3.71. The summed E-state index contributed by atoms with van der Waals surface area (Å²) in [5, 5.41) is 0. The monoisotopic (exact) mass is 752 g/mol. The number of hydrogen-bond donors (Lipinski definition) is 4. The number of halogens is 6.